The maximum Gasteiger partial charge on any atom is 0.275 e. The van der Waals surface area contributed by atoms with Gasteiger partial charge in [-0.15, -0.1) is 0 Å². The Balaban J connectivity index is 1.69. The van der Waals surface area contributed by atoms with E-state index in [1.165, 1.54) is 11.9 Å². The number of anilines is 1. The summed E-state index contributed by atoms with van der Waals surface area (Å²) in [7, 11) is 1.48. The fraction of sp³-hybridized carbons (Fsp3) is 0.278. The molecule has 140 valence electrons. The Kier molecular flexibility index (Phi) is 5.02. The Morgan fingerprint density at radius 3 is 2.59 bits per heavy atom. The van der Waals surface area contributed by atoms with Crippen LogP contribution in [-0.2, 0) is 16.1 Å². The molecule has 0 aliphatic rings. The molecule has 27 heavy (non-hydrogen) atoms. The normalized spacial score (nSPS) is 10.8. The molecule has 0 radical (unpaired) electrons. The Hall–Kier alpha value is -3.49. The van der Waals surface area contributed by atoms with Crippen LogP contribution in [0.5, 0.6) is 0 Å². The van der Waals surface area contributed by atoms with Gasteiger partial charge in [-0.3, -0.25) is 14.4 Å². The van der Waals surface area contributed by atoms with E-state index < -0.39 is 11.8 Å². The van der Waals surface area contributed by atoms with Crippen LogP contribution in [0.3, 0.4) is 0 Å². The number of likely N-dealkylation sites (N-methyl/N-ethyl adjacent to an activating group) is 1. The summed E-state index contributed by atoms with van der Waals surface area (Å²) in [6.45, 7) is 3.04. The van der Waals surface area contributed by atoms with Gasteiger partial charge in [0.15, 0.2) is 5.82 Å². The van der Waals surface area contributed by atoms with Gasteiger partial charge in [0.05, 0.1) is 17.6 Å². The number of rotatable bonds is 5. The van der Waals surface area contributed by atoms with E-state index in [0.717, 1.165) is 10.1 Å². The number of aryl methyl sites for hydroxylation is 2. The van der Waals surface area contributed by atoms with Crippen molar-refractivity contribution in [3.8, 4) is 0 Å². The predicted octanol–water partition coefficient (Wildman–Crippen LogP) is 1.10. The summed E-state index contributed by atoms with van der Waals surface area (Å²) in [6.07, 6.45) is 0. The predicted molar refractivity (Wildman–Crippen MR) is 98.2 cm³/mol. The summed E-state index contributed by atoms with van der Waals surface area (Å²) in [5.74, 6) is 0.00755. The van der Waals surface area contributed by atoms with E-state index in [4.69, 9.17) is 4.52 Å². The average molecular weight is 369 g/mol. The molecule has 2 amide bonds. The zero-order chi connectivity index (χ0) is 19.6. The highest BCUT2D eigenvalue weighted by Crippen LogP contribution is 2.12. The molecule has 2 heterocycles. The van der Waals surface area contributed by atoms with E-state index in [1.54, 1.807) is 32.0 Å². The van der Waals surface area contributed by atoms with Crippen molar-refractivity contribution < 1.29 is 14.1 Å². The summed E-state index contributed by atoms with van der Waals surface area (Å²) in [5.41, 5.74) is 0.306. The lowest BCUT2D eigenvalue weighted by atomic mass is 10.1. The highest BCUT2D eigenvalue weighted by molar-refractivity contribution is 5.93. The molecule has 3 rings (SSSR count). The number of hydrogen-bond acceptors (Lipinski definition) is 6. The molecular formula is C18H19N5O4. The number of fused-ring (bicyclic) bond motifs is 1. The number of aromatic nitrogens is 3. The third-order valence-corrected chi connectivity index (χ3v) is 4.04. The van der Waals surface area contributed by atoms with Crippen LogP contribution < -0.4 is 10.9 Å². The Bertz CT molecular complexity index is 1070. The van der Waals surface area contributed by atoms with Gasteiger partial charge in [-0.25, -0.2) is 4.68 Å². The lowest BCUT2D eigenvalue weighted by Gasteiger charge is -2.17. The first kappa shape index (κ1) is 18.3. The van der Waals surface area contributed by atoms with Gasteiger partial charge >= 0.3 is 0 Å². The van der Waals surface area contributed by atoms with Gasteiger partial charge in [0.1, 0.15) is 12.3 Å². The van der Waals surface area contributed by atoms with E-state index in [1.807, 2.05) is 12.1 Å². The van der Waals surface area contributed by atoms with Crippen LogP contribution in [0.1, 0.15) is 11.5 Å². The lowest BCUT2D eigenvalue weighted by Crippen LogP contribution is -2.39. The number of amides is 2. The van der Waals surface area contributed by atoms with Gasteiger partial charge in [0.25, 0.3) is 5.56 Å². The molecule has 0 saturated carbocycles. The standard InChI is InChI=1S/C18H19N5O4/c1-11-8-15(21-27-11)19-16(24)9-22(3)17(25)10-23-18(26)14-7-5-4-6-13(14)12(2)20-23/h4-8H,9-10H2,1-3H3,(H,19,21,24). The van der Waals surface area contributed by atoms with Gasteiger partial charge in [0.2, 0.25) is 11.8 Å². The Labute approximate surface area is 154 Å². The summed E-state index contributed by atoms with van der Waals surface area (Å²) >= 11 is 0. The zero-order valence-electron chi connectivity index (χ0n) is 15.2. The van der Waals surface area contributed by atoms with Crippen molar-refractivity contribution in [1.29, 1.82) is 0 Å². The molecule has 1 N–H and O–H groups in total. The summed E-state index contributed by atoms with van der Waals surface area (Å²) in [5, 5.41) is 11.7. The van der Waals surface area contributed by atoms with Crippen molar-refractivity contribution in [3.05, 3.63) is 52.1 Å². The molecule has 0 saturated heterocycles. The number of nitrogens with zero attached hydrogens (tertiary/aromatic N) is 4. The molecule has 0 unspecified atom stereocenters. The van der Waals surface area contributed by atoms with Gasteiger partial charge < -0.3 is 14.7 Å². The van der Waals surface area contributed by atoms with Crippen LogP contribution in [0.4, 0.5) is 5.82 Å². The number of nitrogens with one attached hydrogen (secondary N) is 1. The van der Waals surface area contributed by atoms with Crippen molar-refractivity contribution in [1.82, 2.24) is 19.8 Å². The fourth-order valence-corrected chi connectivity index (χ4v) is 2.67. The summed E-state index contributed by atoms with van der Waals surface area (Å²) in [4.78, 5) is 38.2. The molecule has 3 aromatic rings. The lowest BCUT2D eigenvalue weighted by molar-refractivity contribution is -0.134. The van der Waals surface area contributed by atoms with Crippen LogP contribution in [0.2, 0.25) is 0 Å². The molecular weight excluding hydrogens is 350 g/mol. The minimum Gasteiger partial charge on any atom is -0.360 e. The maximum absolute atomic E-state index is 12.5. The molecule has 0 aliphatic carbocycles. The topological polar surface area (TPSA) is 110 Å². The first-order chi connectivity index (χ1) is 12.8. The van der Waals surface area contributed by atoms with E-state index in [0.29, 0.717) is 16.8 Å². The first-order valence-corrected chi connectivity index (χ1v) is 8.28. The van der Waals surface area contributed by atoms with Gasteiger partial charge in [-0.2, -0.15) is 5.10 Å². The van der Waals surface area contributed by atoms with Crippen LogP contribution in [0, 0.1) is 13.8 Å². The van der Waals surface area contributed by atoms with Crippen molar-refractivity contribution >= 4 is 28.4 Å². The molecule has 0 bridgehead atoms. The van der Waals surface area contributed by atoms with Crippen LogP contribution >= 0.6 is 0 Å². The molecule has 9 heteroatoms. The monoisotopic (exact) mass is 369 g/mol. The first-order valence-electron chi connectivity index (χ1n) is 8.28. The Morgan fingerprint density at radius 2 is 1.93 bits per heavy atom. The fourth-order valence-electron chi connectivity index (χ4n) is 2.67. The highest BCUT2D eigenvalue weighted by Gasteiger charge is 2.17. The highest BCUT2D eigenvalue weighted by atomic mass is 16.5. The number of carbonyl (C=O) groups is 2. The SMILES string of the molecule is Cc1cc(NC(=O)CN(C)C(=O)Cn2nc(C)c3ccccc3c2=O)no1. The number of carbonyl (C=O) groups excluding carboxylic acids is 2. The number of hydrogen-bond donors (Lipinski definition) is 1. The van der Waals surface area contributed by atoms with Crippen LogP contribution in [-0.4, -0.2) is 45.2 Å². The van der Waals surface area contributed by atoms with Gasteiger partial charge in [-0.05, 0) is 19.9 Å². The van der Waals surface area contributed by atoms with Gasteiger partial charge in [-0.1, -0.05) is 23.4 Å². The molecule has 1 aromatic carbocycles. The molecule has 0 fully saturated rings. The summed E-state index contributed by atoms with van der Waals surface area (Å²) < 4.78 is 5.99. The van der Waals surface area contributed by atoms with Crippen LogP contribution in [0.15, 0.2) is 39.6 Å². The molecule has 0 aliphatic heterocycles. The van der Waals surface area contributed by atoms with E-state index in [2.05, 4.69) is 15.6 Å². The zero-order valence-corrected chi connectivity index (χ0v) is 15.2. The van der Waals surface area contributed by atoms with Gasteiger partial charge in [0, 0.05) is 18.5 Å². The molecule has 9 nitrogen and oxygen atoms in total. The van der Waals surface area contributed by atoms with E-state index >= 15 is 0 Å². The van der Waals surface area contributed by atoms with Crippen molar-refractivity contribution in [3.63, 3.8) is 0 Å². The second kappa shape index (κ2) is 7.40. The molecule has 0 atom stereocenters. The van der Waals surface area contributed by atoms with Crippen LogP contribution in [0.25, 0.3) is 10.8 Å². The third-order valence-electron chi connectivity index (χ3n) is 4.04. The second-order valence-electron chi connectivity index (χ2n) is 6.21. The van der Waals surface area contributed by atoms with E-state index in [-0.39, 0.29) is 24.5 Å². The summed E-state index contributed by atoms with van der Waals surface area (Å²) in [6, 6.07) is 8.67. The third kappa shape index (κ3) is 4.02. The van der Waals surface area contributed by atoms with Crippen molar-refractivity contribution in [2.75, 3.05) is 18.9 Å². The Morgan fingerprint density at radius 1 is 1.22 bits per heavy atom. The van der Waals surface area contributed by atoms with Crippen molar-refractivity contribution in [2.45, 2.75) is 20.4 Å². The maximum atomic E-state index is 12.5. The molecule has 0 spiro atoms. The van der Waals surface area contributed by atoms with Crippen molar-refractivity contribution in [2.24, 2.45) is 0 Å². The number of benzene rings is 1. The smallest absolute Gasteiger partial charge is 0.275 e. The van der Waals surface area contributed by atoms with E-state index in [9.17, 15) is 14.4 Å². The minimum atomic E-state index is -0.422. The average Bonchev–Trinajstić information content (AvgIpc) is 3.03. The second-order valence-corrected chi connectivity index (χ2v) is 6.21. The largest absolute Gasteiger partial charge is 0.360 e. The minimum absolute atomic E-state index is 0.188. The molecule has 2 aromatic heterocycles. The quantitative estimate of drug-likeness (QED) is 0.721.